The van der Waals surface area contributed by atoms with Crippen molar-refractivity contribution < 1.29 is 19.4 Å². The van der Waals surface area contributed by atoms with Gasteiger partial charge in [0.25, 0.3) is 0 Å². The Hall–Kier alpha value is -1.26. The second-order valence-electron chi connectivity index (χ2n) is 3.60. The Morgan fingerprint density at radius 2 is 2.12 bits per heavy atom. The highest BCUT2D eigenvalue weighted by molar-refractivity contribution is 6.33. The van der Waals surface area contributed by atoms with Crippen molar-refractivity contribution in [3.05, 3.63) is 28.3 Å². The normalized spacial score (nSPS) is 10.3. The Balaban J connectivity index is 2.77. The number of rotatable bonds is 6. The molecule has 0 heterocycles. The summed E-state index contributed by atoms with van der Waals surface area (Å²) in [5.74, 6) is -0.514. The standard InChI is InChI=1S/C12H15ClO4/c1-8-6-10(13)9(12(14)15)7-11(8)17-5-3-4-16-2/h6-7H,3-5H2,1-2H3,(H,14,15). The lowest BCUT2D eigenvalue weighted by Gasteiger charge is -2.10. The summed E-state index contributed by atoms with van der Waals surface area (Å²) in [6.07, 6.45) is 0.751. The summed E-state index contributed by atoms with van der Waals surface area (Å²) < 4.78 is 10.4. The maximum Gasteiger partial charge on any atom is 0.337 e. The fourth-order valence-corrected chi connectivity index (χ4v) is 1.66. The number of benzene rings is 1. The lowest BCUT2D eigenvalue weighted by Crippen LogP contribution is -2.04. The molecule has 94 valence electrons. The van der Waals surface area contributed by atoms with Crippen molar-refractivity contribution in [2.24, 2.45) is 0 Å². The summed E-state index contributed by atoms with van der Waals surface area (Å²) in [6, 6.07) is 3.05. The highest BCUT2D eigenvalue weighted by Gasteiger charge is 2.12. The highest BCUT2D eigenvalue weighted by atomic mass is 35.5. The Morgan fingerprint density at radius 1 is 1.41 bits per heavy atom. The molecule has 1 rings (SSSR count). The monoisotopic (exact) mass is 258 g/mol. The van der Waals surface area contributed by atoms with E-state index in [1.807, 2.05) is 6.92 Å². The summed E-state index contributed by atoms with van der Waals surface area (Å²) in [5, 5.41) is 9.15. The number of carbonyl (C=O) groups is 1. The molecule has 1 aromatic rings. The van der Waals surface area contributed by atoms with Gasteiger partial charge >= 0.3 is 5.97 Å². The van der Waals surface area contributed by atoms with E-state index in [9.17, 15) is 4.79 Å². The van der Waals surface area contributed by atoms with Gasteiger partial charge in [-0.15, -0.1) is 0 Å². The minimum atomic E-state index is -1.06. The summed E-state index contributed by atoms with van der Waals surface area (Å²) in [4.78, 5) is 10.9. The predicted molar refractivity (Wildman–Crippen MR) is 65.1 cm³/mol. The first kappa shape index (κ1) is 13.8. The largest absolute Gasteiger partial charge is 0.493 e. The van der Waals surface area contributed by atoms with E-state index in [0.717, 1.165) is 12.0 Å². The van der Waals surface area contributed by atoms with Crippen LogP contribution in [0.25, 0.3) is 0 Å². The number of methoxy groups -OCH3 is 1. The summed E-state index contributed by atoms with van der Waals surface area (Å²) in [7, 11) is 1.62. The molecule has 0 aliphatic heterocycles. The van der Waals surface area contributed by atoms with Gasteiger partial charge in [0.05, 0.1) is 17.2 Å². The number of ether oxygens (including phenoxy) is 2. The Morgan fingerprint density at radius 3 is 2.71 bits per heavy atom. The van der Waals surface area contributed by atoms with E-state index in [0.29, 0.717) is 19.0 Å². The quantitative estimate of drug-likeness (QED) is 0.797. The summed E-state index contributed by atoms with van der Waals surface area (Å²) in [5.41, 5.74) is 0.872. The minimum Gasteiger partial charge on any atom is -0.493 e. The summed E-state index contributed by atoms with van der Waals surface area (Å²) in [6.45, 7) is 2.91. The smallest absolute Gasteiger partial charge is 0.337 e. The molecule has 0 atom stereocenters. The first-order chi connectivity index (χ1) is 8.06. The zero-order valence-electron chi connectivity index (χ0n) is 9.83. The molecule has 0 aliphatic carbocycles. The molecule has 0 aromatic heterocycles. The van der Waals surface area contributed by atoms with Crippen LogP contribution in [-0.4, -0.2) is 31.4 Å². The second kappa shape index (κ2) is 6.47. The number of aryl methyl sites for hydroxylation is 1. The van der Waals surface area contributed by atoms with Gasteiger partial charge in [-0.25, -0.2) is 4.79 Å². The third-order valence-electron chi connectivity index (χ3n) is 2.25. The molecule has 0 aliphatic rings. The topological polar surface area (TPSA) is 55.8 Å². The predicted octanol–water partition coefficient (Wildman–Crippen LogP) is 2.76. The molecule has 0 radical (unpaired) electrons. The number of aromatic carboxylic acids is 1. The van der Waals surface area contributed by atoms with Crippen LogP contribution in [0.4, 0.5) is 0 Å². The Kier molecular flexibility index (Phi) is 5.25. The van der Waals surface area contributed by atoms with Crippen LogP contribution in [0.15, 0.2) is 12.1 Å². The van der Waals surface area contributed by atoms with Crippen LogP contribution in [0, 0.1) is 6.92 Å². The number of halogens is 1. The first-order valence-electron chi connectivity index (χ1n) is 5.21. The second-order valence-corrected chi connectivity index (χ2v) is 4.00. The van der Waals surface area contributed by atoms with Gasteiger partial charge in [-0.2, -0.15) is 0 Å². The van der Waals surface area contributed by atoms with Gasteiger partial charge in [0.1, 0.15) is 5.75 Å². The van der Waals surface area contributed by atoms with Gasteiger partial charge < -0.3 is 14.6 Å². The highest BCUT2D eigenvalue weighted by Crippen LogP contribution is 2.26. The molecule has 0 spiro atoms. The van der Waals surface area contributed by atoms with Crippen LogP contribution in [0.3, 0.4) is 0 Å². The molecule has 17 heavy (non-hydrogen) atoms. The van der Waals surface area contributed by atoms with Crippen molar-refractivity contribution in [2.45, 2.75) is 13.3 Å². The number of carboxylic acid groups (broad SMARTS) is 1. The molecule has 0 unspecified atom stereocenters. The van der Waals surface area contributed by atoms with E-state index in [-0.39, 0.29) is 10.6 Å². The molecule has 5 heteroatoms. The number of hydrogen-bond donors (Lipinski definition) is 1. The SMILES string of the molecule is COCCCOc1cc(C(=O)O)c(Cl)cc1C. The van der Waals surface area contributed by atoms with Crippen LogP contribution >= 0.6 is 11.6 Å². The summed E-state index contributed by atoms with van der Waals surface area (Å²) >= 11 is 5.82. The molecule has 1 N–H and O–H groups in total. The van der Waals surface area contributed by atoms with E-state index < -0.39 is 5.97 Å². The van der Waals surface area contributed by atoms with E-state index in [1.165, 1.54) is 6.07 Å². The zero-order chi connectivity index (χ0) is 12.8. The average molecular weight is 259 g/mol. The molecule has 1 aromatic carbocycles. The molecular weight excluding hydrogens is 244 g/mol. The van der Waals surface area contributed by atoms with Crippen molar-refractivity contribution in [1.29, 1.82) is 0 Å². The zero-order valence-corrected chi connectivity index (χ0v) is 10.6. The lowest BCUT2D eigenvalue weighted by atomic mass is 10.1. The Labute approximate surface area is 105 Å². The Bertz CT molecular complexity index is 404. The van der Waals surface area contributed by atoms with Crippen molar-refractivity contribution >= 4 is 17.6 Å². The number of carboxylic acids is 1. The van der Waals surface area contributed by atoms with Gasteiger partial charge in [-0.1, -0.05) is 11.6 Å². The third kappa shape index (κ3) is 3.91. The van der Waals surface area contributed by atoms with E-state index in [4.69, 9.17) is 26.2 Å². The molecule has 0 saturated heterocycles. The minimum absolute atomic E-state index is 0.0546. The van der Waals surface area contributed by atoms with Crippen molar-refractivity contribution in [1.82, 2.24) is 0 Å². The van der Waals surface area contributed by atoms with Gasteiger partial charge in [0.2, 0.25) is 0 Å². The van der Waals surface area contributed by atoms with Crippen LogP contribution in [0.2, 0.25) is 5.02 Å². The van der Waals surface area contributed by atoms with E-state index in [2.05, 4.69) is 0 Å². The molecule has 0 saturated carbocycles. The third-order valence-corrected chi connectivity index (χ3v) is 2.56. The molecule has 0 fully saturated rings. The van der Waals surface area contributed by atoms with Crippen LogP contribution in [0.1, 0.15) is 22.3 Å². The maximum atomic E-state index is 10.9. The molecule has 4 nitrogen and oxygen atoms in total. The van der Waals surface area contributed by atoms with Gasteiger partial charge in [-0.3, -0.25) is 0 Å². The fraction of sp³-hybridized carbons (Fsp3) is 0.417. The molecule has 0 amide bonds. The first-order valence-corrected chi connectivity index (χ1v) is 5.59. The van der Waals surface area contributed by atoms with Crippen LogP contribution in [-0.2, 0) is 4.74 Å². The molecule has 0 bridgehead atoms. The van der Waals surface area contributed by atoms with Gasteiger partial charge in [0.15, 0.2) is 0 Å². The molecular formula is C12H15ClO4. The van der Waals surface area contributed by atoms with E-state index in [1.54, 1.807) is 13.2 Å². The number of hydrogen-bond acceptors (Lipinski definition) is 3. The van der Waals surface area contributed by atoms with Crippen LogP contribution < -0.4 is 4.74 Å². The van der Waals surface area contributed by atoms with Crippen molar-refractivity contribution in [3.63, 3.8) is 0 Å². The fourth-order valence-electron chi connectivity index (χ4n) is 1.36. The van der Waals surface area contributed by atoms with E-state index >= 15 is 0 Å². The lowest BCUT2D eigenvalue weighted by molar-refractivity contribution is 0.0696. The van der Waals surface area contributed by atoms with Crippen molar-refractivity contribution in [2.75, 3.05) is 20.3 Å². The van der Waals surface area contributed by atoms with Crippen LogP contribution in [0.5, 0.6) is 5.75 Å². The maximum absolute atomic E-state index is 10.9. The van der Waals surface area contributed by atoms with Gasteiger partial charge in [0, 0.05) is 20.1 Å². The average Bonchev–Trinajstić information content (AvgIpc) is 2.26. The van der Waals surface area contributed by atoms with Gasteiger partial charge in [-0.05, 0) is 24.6 Å². The van der Waals surface area contributed by atoms with Crippen molar-refractivity contribution in [3.8, 4) is 5.75 Å².